The second-order valence-corrected chi connectivity index (χ2v) is 10.1. The lowest BCUT2D eigenvalue weighted by Gasteiger charge is -2.24. The topological polar surface area (TPSA) is 66.7 Å². The summed E-state index contributed by atoms with van der Waals surface area (Å²) in [5.41, 5.74) is 9.42. The Morgan fingerprint density at radius 2 is 1.68 bits per heavy atom. The van der Waals surface area contributed by atoms with Crippen molar-refractivity contribution in [2.75, 3.05) is 5.75 Å². The Morgan fingerprint density at radius 1 is 1.00 bits per heavy atom. The lowest BCUT2D eigenvalue weighted by Crippen LogP contribution is -2.27. The molecule has 1 saturated heterocycles. The van der Waals surface area contributed by atoms with Gasteiger partial charge in [0, 0.05) is 34.7 Å². The summed E-state index contributed by atoms with van der Waals surface area (Å²) in [7, 11) is 0. The van der Waals surface area contributed by atoms with E-state index in [4.69, 9.17) is 0 Å². The van der Waals surface area contributed by atoms with E-state index in [2.05, 4.69) is 40.2 Å². The summed E-state index contributed by atoms with van der Waals surface area (Å²) in [6, 6.07) is 29.6. The Labute approximate surface area is 221 Å². The fourth-order valence-corrected chi connectivity index (χ4v) is 5.79. The number of hydrogen-bond donors (Lipinski definition) is 1. The largest absolute Gasteiger partial charge is 0.322 e. The third kappa shape index (κ3) is 5.37. The average Bonchev–Trinajstić information content (AvgIpc) is 3.42. The first-order valence-electron chi connectivity index (χ1n) is 12.1. The fourth-order valence-electron chi connectivity index (χ4n) is 4.60. The number of rotatable bonds is 7. The minimum Gasteiger partial charge on any atom is -0.322 e. The van der Waals surface area contributed by atoms with Crippen LogP contribution in [0.5, 0.6) is 0 Å². The average molecular weight is 509 g/mol. The van der Waals surface area contributed by atoms with Crippen LogP contribution in [-0.4, -0.2) is 33.2 Å². The van der Waals surface area contributed by atoms with Gasteiger partial charge in [0.15, 0.2) is 0 Å². The van der Waals surface area contributed by atoms with E-state index in [0.717, 1.165) is 33.8 Å². The van der Waals surface area contributed by atoms with Gasteiger partial charge in [0.1, 0.15) is 5.37 Å². The zero-order valence-corrected chi connectivity index (χ0v) is 21.6. The van der Waals surface area contributed by atoms with Crippen LogP contribution in [0.25, 0.3) is 5.69 Å². The smallest absolute Gasteiger partial charge is 0.271 e. The van der Waals surface area contributed by atoms with Crippen LogP contribution in [0.4, 0.5) is 0 Å². The van der Waals surface area contributed by atoms with E-state index >= 15 is 0 Å². The van der Waals surface area contributed by atoms with Crippen LogP contribution in [-0.2, 0) is 11.3 Å². The SMILES string of the molecule is Cc1cc(C=NNC(=O)c2ccc(C3SCC(=O)N3Cc3ccccc3)cc2)c(C)n1-c1ccccc1. The Kier molecular flexibility index (Phi) is 7.23. The highest BCUT2D eigenvalue weighted by Gasteiger charge is 2.32. The zero-order chi connectivity index (χ0) is 25.8. The summed E-state index contributed by atoms with van der Waals surface area (Å²) in [6.07, 6.45) is 1.68. The van der Waals surface area contributed by atoms with Gasteiger partial charge in [-0.2, -0.15) is 5.10 Å². The molecule has 0 aliphatic carbocycles. The Balaban J connectivity index is 1.24. The minimum absolute atomic E-state index is 0.0669. The number of amides is 2. The number of thioether (sulfide) groups is 1. The van der Waals surface area contributed by atoms with Crippen molar-refractivity contribution in [1.29, 1.82) is 0 Å². The summed E-state index contributed by atoms with van der Waals surface area (Å²) >= 11 is 1.61. The second-order valence-electron chi connectivity index (χ2n) is 8.99. The highest BCUT2D eigenvalue weighted by Crippen LogP contribution is 2.39. The van der Waals surface area contributed by atoms with Crippen molar-refractivity contribution in [2.24, 2.45) is 5.10 Å². The first-order chi connectivity index (χ1) is 18.0. The quantitative estimate of drug-likeness (QED) is 0.260. The van der Waals surface area contributed by atoms with E-state index in [1.165, 1.54) is 0 Å². The maximum Gasteiger partial charge on any atom is 0.271 e. The Hall–Kier alpha value is -4.10. The van der Waals surface area contributed by atoms with Gasteiger partial charge in [-0.3, -0.25) is 9.59 Å². The van der Waals surface area contributed by atoms with Crippen LogP contribution in [0.1, 0.15) is 43.8 Å². The molecule has 0 radical (unpaired) electrons. The highest BCUT2D eigenvalue weighted by atomic mass is 32.2. The molecule has 1 atom stereocenters. The molecule has 0 spiro atoms. The molecule has 0 bridgehead atoms. The number of hydrazone groups is 1. The van der Waals surface area contributed by atoms with E-state index in [9.17, 15) is 9.59 Å². The van der Waals surface area contributed by atoms with Gasteiger partial charge < -0.3 is 9.47 Å². The molecule has 5 rings (SSSR count). The normalized spacial score (nSPS) is 15.5. The van der Waals surface area contributed by atoms with E-state index in [0.29, 0.717) is 17.9 Å². The zero-order valence-electron chi connectivity index (χ0n) is 20.8. The monoisotopic (exact) mass is 508 g/mol. The fraction of sp³-hybridized carbons (Fsp3) is 0.167. The number of carbonyl (C=O) groups is 2. The Morgan fingerprint density at radius 3 is 2.38 bits per heavy atom. The summed E-state index contributed by atoms with van der Waals surface area (Å²) in [4.78, 5) is 27.1. The molecule has 1 unspecified atom stereocenters. The molecular weight excluding hydrogens is 480 g/mol. The van der Waals surface area contributed by atoms with E-state index in [1.54, 1.807) is 30.1 Å². The number of benzene rings is 3. The Bertz CT molecular complexity index is 1430. The molecule has 2 amide bonds. The number of carbonyl (C=O) groups excluding carboxylic acids is 2. The maximum absolute atomic E-state index is 12.7. The van der Waals surface area contributed by atoms with Crippen molar-refractivity contribution in [1.82, 2.24) is 14.9 Å². The molecule has 1 aliphatic heterocycles. The van der Waals surface area contributed by atoms with Crippen LogP contribution in [0, 0.1) is 13.8 Å². The number of para-hydroxylation sites is 1. The molecule has 7 heteroatoms. The van der Waals surface area contributed by atoms with Gasteiger partial charge >= 0.3 is 0 Å². The lowest BCUT2D eigenvalue weighted by atomic mass is 10.1. The number of nitrogens with one attached hydrogen (secondary N) is 1. The molecule has 186 valence electrons. The van der Waals surface area contributed by atoms with Crippen molar-refractivity contribution in [3.05, 3.63) is 125 Å². The van der Waals surface area contributed by atoms with Crippen LogP contribution < -0.4 is 5.43 Å². The standard InChI is InChI=1S/C30H28N4O2S/c1-21-17-26(22(2)34(21)27-11-7-4-8-12-27)18-31-32-29(36)24-13-15-25(16-14-24)30-33(28(35)20-37-30)19-23-9-5-3-6-10-23/h3-18,30H,19-20H2,1-2H3,(H,32,36). The van der Waals surface area contributed by atoms with Crippen LogP contribution >= 0.6 is 11.8 Å². The van der Waals surface area contributed by atoms with Gasteiger partial charge in [-0.15, -0.1) is 11.8 Å². The number of aromatic nitrogens is 1. The number of hydrogen-bond acceptors (Lipinski definition) is 4. The maximum atomic E-state index is 12.7. The third-order valence-electron chi connectivity index (χ3n) is 6.48. The summed E-state index contributed by atoms with van der Waals surface area (Å²) in [5, 5.41) is 4.13. The van der Waals surface area contributed by atoms with Crippen molar-refractivity contribution in [2.45, 2.75) is 25.8 Å². The van der Waals surface area contributed by atoms with Crippen molar-refractivity contribution in [3.63, 3.8) is 0 Å². The highest BCUT2D eigenvalue weighted by molar-refractivity contribution is 8.00. The number of aryl methyl sites for hydroxylation is 1. The van der Waals surface area contributed by atoms with E-state index < -0.39 is 0 Å². The molecule has 3 aromatic carbocycles. The summed E-state index contributed by atoms with van der Waals surface area (Å²) < 4.78 is 2.16. The van der Waals surface area contributed by atoms with Crippen LogP contribution in [0.15, 0.2) is 96.1 Å². The van der Waals surface area contributed by atoms with Crippen LogP contribution in [0.2, 0.25) is 0 Å². The molecule has 1 aliphatic rings. The third-order valence-corrected chi connectivity index (χ3v) is 7.73. The molecule has 1 aromatic heterocycles. The van der Waals surface area contributed by atoms with E-state index in [-0.39, 0.29) is 17.2 Å². The van der Waals surface area contributed by atoms with Gasteiger partial charge in [-0.1, -0.05) is 60.7 Å². The van der Waals surface area contributed by atoms with Gasteiger partial charge in [-0.05, 0) is 55.3 Å². The van der Waals surface area contributed by atoms with Crippen molar-refractivity contribution >= 4 is 29.8 Å². The minimum atomic E-state index is -0.282. The molecule has 0 saturated carbocycles. The summed E-state index contributed by atoms with van der Waals surface area (Å²) in [5.74, 6) is 0.303. The van der Waals surface area contributed by atoms with Gasteiger partial charge in [-0.25, -0.2) is 5.43 Å². The summed E-state index contributed by atoms with van der Waals surface area (Å²) in [6.45, 7) is 4.66. The molecule has 37 heavy (non-hydrogen) atoms. The molecule has 2 heterocycles. The lowest BCUT2D eigenvalue weighted by molar-refractivity contribution is -0.128. The van der Waals surface area contributed by atoms with E-state index in [1.807, 2.05) is 72.5 Å². The first kappa shape index (κ1) is 24.6. The molecule has 6 nitrogen and oxygen atoms in total. The van der Waals surface area contributed by atoms with Crippen LogP contribution in [0.3, 0.4) is 0 Å². The molecular formula is C30H28N4O2S. The van der Waals surface area contributed by atoms with Crippen molar-refractivity contribution in [3.8, 4) is 5.69 Å². The molecule has 4 aromatic rings. The van der Waals surface area contributed by atoms with Gasteiger partial charge in [0.25, 0.3) is 5.91 Å². The van der Waals surface area contributed by atoms with Gasteiger partial charge in [0.05, 0.1) is 12.0 Å². The predicted molar refractivity (Wildman–Crippen MR) is 149 cm³/mol. The second kappa shape index (κ2) is 10.9. The predicted octanol–water partition coefficient (Wildman–Crippen LogP) is 5.63. The first-order valence-corrected chi connectivity index (χ1v) is 13.2. The van der Waals surface area contributed by atoms with Gasteiger partial charge in [0.2, 0.25) is 5.91 Å². The molecule has 1 fully saturated rings. The number of nitrogens with zero attached hydrogens (tertiary/aromatic N) is 3. The van der Waals surface area contributed by atoms with Crippen molar-refractivity contribution < 1.29 is 9.59 Å². The molecule has 1 N–H and O–H groups in total.